The first-order valence-corrected chi connectivity index (χ1v) is 18.1. The van der Waals surface area contributed by atoms with Gasteiger partial charge in [-0.1, -0.05) is 39.0 Å². The van der Waals surface area contributed by atoms with E-state index in [0.717, 1.165) is 43.5 Å². The minimum absolute atomic E-state index is 0.0559. The van der Waals surface area contributed by atoms with Crippen molar-refractivity contribution in [3.05, 3.63) is 84.7 Å². The molecule has 0 aliphatic carbocycles. The van der Waals surface area contributed by atoms with Crippen LogP contribution in [0.5, 0.6) is 5.75 Å². The summed E-state index contributed by atoms with van der Waals surface area (Å²) in [5.41, 5.74) is 9.48. The van der Waals surface area contributed by atoms with E-state index < -0.39 is 14.2 Å². The minimum atomic E-state index is -2.08. The number of hydrogen-bond donors (Lipinski definition) is 1. The summed E-state index contributed by atoms with van der Waals surface area (Å²) >= 11 is 0. The van der Waals surface area contributed by atoms with Crippen molar-refractivity contribution < 1.29 is 14.0 Å². The topological polar surface area (TPSA) is 89.2 Å². The molecular weight excluding hydrogens is 554 g/mol. The van der Waals surface area contributed by atoms with E-state index in [1.165, 1.54) is 22.0 Å². The number of ether oxygens (including phenoxy) is 1. The lowest BCUT2D eigenvalue weighted by molar-refractivity contribution is 0.0984. The number of fused-ring (bicyclic) bond motifs is 2. The average molecular weight is 600 g/mol. The van der Waals surface area contributed by atoms with E-state index in [9.17, 15) is 4.79 Å². The Morgan fingerprint density at radius 1 is 1.02 bits per heavy atom. The van der Waals surface area contributed by atoms with Crippen LogP contribution in [0, 0.1) is 0 Å². The van der Waals surface area contributed by atoms with Crippen molar-refractivity contribution in [2.24, 2.45) is 12.8 Å². The van der Waals surface area contributed by atoms with Gasteiger partial charge in [-0.3, -0.25) is 4.79 Å². The number of amides is 1. The Labute approximate surface area is 255 Å². The average Bonchev–Trinajstić information content (AvgIpc) is 3.68. The Balaban J connectivity index is 1.21. The van der Waals surface area contributed by atoms with E-state index in [-0.39, 0.29) is 17.0 Å². The molecule has 3 aromatic heterocycles. The number of para-hydroxylation sites is 1. The van der Waals surface area contributed by atoms with Gasteiger partial charge in [0.25, 0.3) is 5.91 Å². The molecular formula is C34H45N5O3Si. The Morgan fingerprint density at radius 3 is 2.53 bits per heavy atom. The molecule has 0 aliphatic rings. The van der Waals surface area contributed by atoms with Crippen LogP contribution in [-0.2, 0) is 24.4 Å². The number of imidazole rings is 1. The molecule has 2 N–H and O–H groups in total. The van der Waals surface area contributed by atoms with Crippen LogP contribution in [-0.4, -0.2) is 39.5 Å². The molecule has 0 bridgehead atoms. The highest BCUT2D eigenvalue weighted by Gasteiger charge is 2.39. The van der Waals surface area contributed by atoms with Crippen LogP contribution in [0.4, 0.5) is 0 Å². The summed E-state index contributed by atoms with van der Waals surface area (Å²) in [6.45, 7) is 12.7. The van der Waals surface area contributed by atoms with Gasteiger partial charge in [-0.05, 0) is 84.9 Å². The number of hydrogen-bond acceptors (Lipinski definition) is 4. The number of aryl methyl sites for hydroxylation is 3. The van der Waals surface area contributed by atoms with E-state index in [1.807, 2.05) is 4.57 Å². The summed E-state index contributed by atoms with van der Waals surface area (Å²) in [5, 5.41) is 2.53. The van der Waals surface area contributed by atoms with E-state index in [1.54, 1.807) is 12.5 Å². The van der Waals surface area contributed by atoms with Gasteiger partial charge in [0, 0.05) is 43.3 Å². The van der Waals surface area contributed by atoms with E-state index in [4.69, 9.17) is 14.9 Å². The quantitative estimate of drug-likeness (QED) is 0.113. The van der Waals surface area contributed by atoms with Gasteiger partial charge in [-0.2, -0.15) is 0 Å². The molecule has 8 nitrogen and oxygen atoms in total. The van der Waals surface area contributed by atoms with Crippen molar-refractivity contribution in [3.8, 4) is 5.75 Å². The molecule has 43 heavy (non-hydrogen) atoms. The van der Waals surface area contributed by atoms with Gasteiger partial charge < -0.3 is 28.6 Å². The van der Waals surface area contributed by atoms with E-state index >= 15 is 0 Å². The second-order valence-corrected chi connectivity index (χ2v) is 17.7. The first-order chi connectivity index (χ1) is 20.4. The highest BCUT2D eigenvalue weighted by Crippen LogP contribution is 2.39. The molecule has 1 atom stereocenters. The lowest BCUT2D eigenvalue weighted by Crippen LogP contribution is -2.42. The zero-order valence-electron chi connectivity index (χ0n) is 26.3. The summed E-state index contributed by atoms with van der Waals surface area (Å²) in [4.78, 5) is 15.9. The second-order valence-electron chi connectivity index (χ2n) is 13.0. The summed E-state index contributed by atoms with van der Waals surface area (Å²) in [7, 11) is 0.0594. The van der Waals surface area contributed by atoms with E-state index in [0.29, 0.717) is 6.61 Å². The smallest absolute Gasteiger partial charge is 0.268 e. The molecule has 0 saturated heterocycles. The molecule has 1 amide bonds. The molecule has 0 unspecified atom stereocenters. The predicted molar refractivity (Wildman–Crippen MR) is 176 cm³/mol. The van der Waals surface area contributed by atoms with Crippen molar-refractivity contribution in [1.82, 2.24) is 18.7 Å². The first kappa shape index (κ1) is 30.6. The number of rotatable bonds is 13. The molecule has 0 saturated carbocycles. The van der Waals surface area contributed by atoms with Crippen molar-refractivity contribution in [3.63, 3.8) is 0 Å². The van der Waals surface area contributed by atoms with Crippen LogP contribution in [0.15, 0.2) is 73.3 Å². The third-order valence-corrected chi connectivity index (χ3v) is 13.4. The fraction of sp³-hybridized carbons (Fsp3) is 0.412. The molecule has 228 valence electrons. The maximum Gasteiger partial charge on any atom is 0.268 e. The lowest BCUT2D eigenvalue weighted by Gasteiger charge is -2.39. The Morgan fingerprint density at radius 2 is 1.81 bits per heavy atom. The molecule has 0 aliphatic heterocycles. The van der Waals surface area contributed by atoms with Crippen molar-refractivity contribution in [2.75, 3.05) is 6.61 Å². The highest BCUT2D eigenvalue weighted by molar-refractivity contribution is 6.74. The standard InChI is InChI=1S/C34H45N5O3Si/c1-34(2,3)43(5,6)42-32(39-23-29(33(35)40)36-24-39)14-9-18-38-19-17-25-15-16-28(22-31(25)38)41-20-10-12-27-21-26-11-7-8-13-30(26)37(27)4/h7-8,11,13,15-17,19,21-24,32H,9-10,12,14,18,20H2,1-6H3,(H2,35,40)/t32-/m1/s1. The Bertz CT molecular complexity index is 1710. The van der Waals surface area contributed by atoms with Gasteiger partial charge in [0.2, 0.25) is 0 Å². The van der Waals surface area contributed by atoms with Gasteiger partial charge in [-0.15, -0.1) is 0 Å². The van der Waals surface area contributed by atoms with Crippen LogP contribution in [0.2, 0.25) is 18.1 Å². The maximum atomic E-state index is 11.7. The zero-order valence-corrected chi connectivity index (χ0v) is 27.3. The van der Waals surface area contributed by atoms with E-state index in [2.05, 4.69) is 116 Å². The predicted octanol–water partition coefficient (Wildman–Crippen LogP) is 7.44. The summed E-state index contributed by atoms with van der Waals surface area (Å²) in [6, 6.07) is 19.3. The number of carbonyl (C=O) groups excluding carboxylic acids is 1. The minimum Gasteiger partial charge on any atom is -0.494 e. The Hall–Kier alpha value is -3.82. The molecule has 5 rings (SSSR count). The normalized spacial score (nSPS) is 13.2. The molecule has 9 heteroatoms. The monoisotopic (exact) mass is 599 g/mol. The summed E-state index contributed by atoms with van der Waals surface area (Å²) in [6.07, 6.45) is 8.88. The second kappa shape index (κ2) is 12.4. The molecule has 2 aromatic carbocycles. The third-order valence-electron chi connectivity index (χ3n) is 8.92. The summed E-state index contributed by atoms with van der Waals surface area (Å²) in [5.74, 6) is 0.358. The third kappa shape index (κ3) is 6.89. The molecule has 0 spiro atoms. The van der Waals surface area contributed by atoms with Gasteiger partial charge in [0.15, 0.2) is 8.32 Å². The van der Waals surface area contributed by atoms with Gasteiger partial charge >= 0.3 is 0 Å². The molecule has 3 heterocycles. The molecule has 5 aromatic rings. The van der Waals surface area contributed by atoms with Gasteiger partial charge in [0.05, 0.1) is 18.5 Å². The van der Waals surface area contributed by atoms with Crippen molar-refractivity contribution >= 4 is 36.0 Å². The fourth-order valence-corrected chi connectivity index (χ4v) is 6.59. The number of primary amides is 1. The molecule has 0 radical (unpaired) electrons. The van der Waals surface area contributed by atoms with Gasteiger partial charge in [0.1, 0.15) is 17.7 Å². The van der Waals surface area contributed by atoms with Crippen LogP contribution < -0.4 is 10.5 Å². The number of aromatic nitrogens is 4. The SMILES string of the molecule is Cn1c(CCCOc2ccc3ccn(CCC[C@@H](O[Si](C)(C)C(C)(C)C)n4cnc(C(N)=O)c4)c3c2)cc2ccccc21. The molecule has 0 fully saturated rings. The summed E-state index contributed by atoms with van der Waals surface area (Å²) < 4.78 is 19.5. The van der Waals surface area contributed by atoms with Crippen molar-refractivity contribution in [1.29, 1.82) is 0 Å². The van der Waals surface area contributed by atoms with Crippen LogP contribution in [0.3, 0.4) is 0 Å². The number of nitrogens with two attached hydrogens (primary N) is 1. The Kier molecular flexibility index (Phi) is 8.85. The highest BCUT2D eigenvalue weighted by atomic mass is 28.4. The fourth-order valence-electron chi connectivity index (χ4n) is 5.32. The number of carbonyl (C=O) groups is 1. The van der Waals surface area contributed by atoms with Crippen LogP contribution in [0.1, 0.15) is 62.4 Å². The van der Waals surface area contributed by atoms with Crippen LogP contribution >= 0.6 is 0 Å². The zero-order chi connectivity index (χ0) is 30.8. The lowest BCUT2D eigenvalue weighted by atomic mass is 10.2. The maximum absolute atomic E-state index is 11.7. The largest absolute Gasteiger partial charge is 0.494 e. The first-order valence-electron chi connectivity index (χ1n) is 15.2. The van der Waals surface area contributed by atoms with Crippen molar-refractivity contribution in [2.45, 2.75) is 77.4 Å². The number of nitrogens with zero attached hydrogens (tertiary/aromatic N) is 4. The van der Waals surface area contributed by atoms with Crippen LogP contribution in [0.25, 0.3) is 21.8 Å². The van der Waals surface area contributed by atoms with Gasteiger partial charge in [-0.25, -0.2) is 4.98 Å². The number of benzene rings is 2.